The zero-order valence-electron chi connectivity index (χ0n) is 10.9. The Morgan fingerprint density at radius 3 is 2.55 bits per heavy atom. The summed E-state index contributed by atoms with van der Waals surface area (Å²) in [4.78, 5) is 4.30. The van der Waals surface area contributed by atoms with Gasteiger partial charge >= 0.3 is 0 Å². The first-order valence-electron chi connectivity index (χ1n) is 6.10. The molecule has 0 fully saturated rings. The summed E-state index contributed by atoms with van der Waals surface area (Å²) in [5.74, 6) is 1.04. The van der Waals surface area contributed by atoms with E-state index in [9.17, 15) is 0 Å². The molecule has 0 aliphatic rings. The molecule has 3 aromatic rings. The normalized spacial score (nSPS) is 10.4. The molecule has 2 N–H and O–H groups in total. The summed E-state index contributed by atoms with van der Waals surface area (Å²) < 4.78 is 10.3. The Hall–Kier alpha value is -2.82. The lowest BCUT2D eigenvalue weighted by atomic mass is 10.0. The number of anilines is 1. The van der Waals surface area contributed by atoms with Gasteiger partial charge in [-0.25, -0.2) is 0 Å². The maximum Gasteiger partial charge on any atom is 0.232 e. The van der Waals surface area contributed by atoms with Crippen LogP contribution in [0.15, 0.2) is 53.2 Å². The average Bonchev–Trinajstić information content (AvgIpc) is 2.90. The summed E-state index contributed by atoms with van der Waals surface area (Å²) in [6, 6.07) is 13.2. The Bertz CT molecular complexity index is 706. The maximum atomic E-state index is 5.87. The second kappa shape index (κ2) is 5.05. The molecule has 0 unspecified atom stereocenters. The van der Waals surface area contributed by atoms with Gasteiger partial charge in [-0.1, -0.05) is 11.2 Å². The van der Waals surface area contributed by atoms with E-state index in [0.29, 0.717) is 11.3 Å². The monoisotopic (exact) mass is 267 g/mol. The molecule has 0 bridgehead atoms. The predicted octanol–water partition coefficient (Wildman–Crippen LogP) is 2.99. The van der Waals surface area contributed by atoms with E-state index in [0.717, 1.165) is 17.0 Å². The molecule has 0 aliphatic heterocycles. The maximum absolute atomic E-state index is 5.87. The summed E-state index contributed by atoms with van der Waals surface area (Å²) in [5, 5.41) is 4.04. The van der Waals surface area contributed by atoms with E-state index >= 15 is 0 Å². The topological polar surface area (TPSA) is 74.2 Å². The fourth-order valence-electron chi connectivity index (χ4n) is 2.01. The minimum absolute atomic E-state index is 0.259. The lowest BCUT2D eigenvalue weighted by Gasteiger charge is -2.03. The molecule has 0 spiro atoms. The van der Waals surface area contributed by atoms with Crippen molar-refractivity contribution in [3.63, 3.8) is 0 Å². The number of nitrogen functional groups attached to an aromatic ring is 1. The van der Waals surface area contributed by atoms with Crippen LogP contribution in [0.2, 0.25) is 0 Å². The van der Waals surface area contributed by atoms with Crippen LogP contribution in [-0.2, 0) is 0 Å². The number of nitrogens with two attached hydrogens (primary N) is 1. The molecule has 5 nitrogen and oxygen atoms in total. The van der Waals surface area contributed by atoms with Crippen LogP contribution in [0.25, 0.3) is 22.5 Å². The van der Waals surface area contributed by atoms with Crippen molar-refractivity contribution in [3.05, 3.63) is 48.7 Å². The highest BCUT2D eigenvalue weighted by molar-refractivity contribution is 5.85. The van der Waals surface area contributed by atoms with Crippen LogP contribution in [0.1, 0.15) is 0 Å². The molecule has 0 aliphatic carbocycles. The lowest BCUT2D eigenvalue weighted by Crippen LogP contribution is -1.90. The summed E-state index contributed by atoms with van der Waals surface area (Å²) in [6.45, 7) is 0. The van der Waals surface area contributed by atoms with Crippen LogP contribution in [0.5, 0.6) is 5.75 Å². The SMILES string of the molecule is COc1ccc(-c2noc(N)c2-c2ccccn2)cc1. The van der Waals surface area contributed by atoms with Gasteiger partial charge in [0.25, 0.3) is 0 Å². The molecule has 0 atom stereocenters. The molecule has 1 aromatic carbocycles. The highest BCUT2D eigenvalue weighted by Gasteiger charge is 2.18. The first-order chi connectivity index (χ1) is 9.79. The zero-order valence-corrected chi connectivity index (χ0v) is 10.9. The minimum atomic E-state index is 0.259. The quantitative estimate of drug-likeness (QED) is 0.789. The molecule has 2 aromatic heterocycles. The summed E-state index contributed by atoms with van der Waals surface area (Å²) >= 11 is 0. The van der Waals surface area contributed by atoms with Crippen LogP contribution in [0.4, 0.5) is 5.88 Å². The van der Waals surface area contributed by atoms with Gasteiger partial charge in [0.05, 0.1) is 18.4 Å². The lowest BCUT2D eigenvalue weighted by molar-refractivity contribution is 0.415. The standard InChI is InChI=1S/C15H13N3O2/c1-19-11-7-5-10(6-8-11)14-13(15(16)20-18-14)12-4-2-3-9-17-12/h2-9H,16H2,1H3. The summed E-state index contributed by atoms with van der Waals surface area (Å²) in [6.07, 6.45) is 1.71. The Labute approximate surface area is 116 Å². The number of hydrogen-bond donors (Lipinski definition) is 1. The summed E-state index contributed by atoms with van der Waals surface area (Å²) in [7, 11) is 1.63. The van der Waals surface area contributed by atoms with E-state index in [1.54, 1.807) is 13.3 Å². The molecule has 0 radical (unpaired) electrons. The molecule has 0 amide bonds. The van der Waals surface area contributed by atoms with Gasteiger partial charge < -0.3 is 15.0 Å². The Morgan fingerprint density at radius 1 is 1.10 bits per heavy atom. The second-order valence-electron chi connectivity index (χ2n) is 4.21. The number of benzene rings is 1. The minimum Gasteiger partial charge on any atom is -0.497 e. The van der Waals surface area contributed by atoms with Gasteiger partial charge in [0.2, 0.25) is 5.88 Å². The molecule has 0 saturated heterocycles. The van der Waals surface area contributed by atoms with Gasteiger partial charge in [-0.3, -0.25) is 4.98 Å². The van der Waals surface area contributed by atoms with E-state index in [2.05, 4.69) is 10.1 Å². The number of methoxy groups -OCH3 is 1. The third kappa shape index (κ3) is 2.09. The van der Waals surface area contributed by atoms with E-state index < -0.39 is 0 Å². The fourth-order valence-corrected chi connectivity index (χ4v) is 2.01. The van der Waals surface area contributed by atoms with Crippen LogP contribution >= 0.6 is 0 Å². The van der Waals surface area contributed by atoms with Crippen molar-refractivity contribution >= 4 is 5.88 Å². The van der Waals surface area contributed by atoms with Crippen molar-refractivity contribution in [1.29, 1.82) is 0 Å². The molecule has 2 heterocycles. The van der Waals surface area contributed by atoms with Crippen molar-refractivity contribution in [3.8, 4) is 28.3 Å². The van der Waals surface area contributed by atoms with Gasteiger partial charge in [0, 0.05) is 11.8 Å². The predicted molar refractivity (Wildman–Crippen MR) is 76.1 cm³/mol. The van der Waals surface area contributed by atoms with Crippen LogP contribution in [0, 0.1) is 0 Å². The number of ether oxygens (including phenoxy) is 1. The van der Waals surface area contributed by atoms with Crippen molar-refractivity contribution < 1.29 is 9.26 Å². The van der Waals surface area contributed by atoms with Crippen molar-refractivity contribution in [2.45, 2.75) is 0 Å². The molecule has 5 heteroatoms. The first-order valence-corrected chi connectivity index (χ1v) is 6.10. The van der Waals surface area contributed by atoms with E-state index in [1.807, 2.05) is 42.5 Å². The van der Waals surface area contributed by atoms with Crippen LogP contribution < -0.4 is 10.5 Å². The van der Waals surface area contributed by atoms with Crippen molar-refractivity contribution in [1.82, 2.24) is 10.1 Å². The Kier molecular flexibility index (Phi) is 3.09. The molecule has 0 saturated carbocycles. The number of hydrogen-bond acceptors (Lipinski definition) is 5. The van der Waals surface area contributed by atoms with Crippen molar-refractivity contribution in [2.24, 2.45) is 0 Å². The molecular weight excluding hydrogens is 254 g/mol. The van der Waals surface area contributed by atoms with Gasteiger partial charge in [-0.15, -0.1) is 0 Å². The smallest absolute Gasteiger partial charge is 0.232 e. The third-order valence-electron chi connectivity index (χ3n) is 3.00. The van der Waals surface area contributed by atoms with Gasteiger partial charge in [-0.05, 0) is 36.4 Å². The number of rotatable bonds is 3. The van der Waals surface area contributed by atoms with Gasteiger partial charge in [-0.2, -0.15) is 0 Å². The Morgan fingerprint density at radius 2 is 1.90 bits per heavy atom. The highest BCUT2D eigenvalue weighted by atomic mass is 16.5. The van der Waals surface area contributed by atoms with E-state index in [-0.39, 0.29) is 5.88 Å². The highest BCUT2D eigenvalue weighted by Crippen LogP contribution is 2.35. The zero-order chi connectivity index (χ0) is 13.9. The van der Waals surface area contributed by atoms with Gasteiger partial charge in [0.15, 0.2) is 0 Å². The molecule has 100 valence electrons. The van der Waals surface area contributed by atoms with Gasteiger partial charge in [0.1, 0.15) is 11.4 Å². The Balaban J connectivity index is 2.11. The third-order valence-corrected chi connectivity index (χ3v) is 3.00. The first kappa shape index (κ1) is 12.2. The molecule has 20 heavy (non-hydrogen) atoms. The largest absolute Gasteiger partial charge is 0.497 e. The average molecular weight is 267 g/mol. The van der Waals surface area contributed by atoms with Crippen molar-refractivity contribution in [2.75, 3.05) is 12.8 Å². The van der Waals surface area contributed by atoms with Crippen LogP contribution in [0.3, 0.4) is 0 Å². The second-order valence-corrected chi connectivity index (χ2v) is 4.21. The summed E-state index contributed by atoms with van der Waals surface area (Å²) in [5.41, 5.74) is 8.88. The number of nitrogens with zero attached hydrogens (tertiary/aromatic N) is 2. The molecule has 3 rings (SSSR count). The van der Waals surface area contributed by atoms with E-state index in [1.165, 1.54) is 0 Å². The fraction of sp³-hybridized carbons (Fsp3) is 0.0667. The van der Waals surface area contributed by atoms with E-state index in [4.69, 9.17) is 15.0 Å². The molecular formula is C15H13N3O2. The number of aromatic nitrogens is 2. The van der Waals surface area contributed by atoms with Crippen LogP contribution in [-0.4, -0.2) is 17.3 Å². The number of pyridine rings is 1.